The molecule has 0 atom stereocenters. The molecule has 0 saturated carbocycles. The maximum Gasteiger partial charge on any atom is 0.260 e. The normalized spacial score (nSPS) is 11.6. The molecule has 2 aromatic rings. The lowest BCUT2D eigenvalue weighted by Crippen LogP contribution is -2.38. The van der Waals surface area contributed by atoms with Crippen molar-refractivity contribution in [3.8, 4) is 5.75 Å². The molecule has 0 unspecified atom stereocenters. The highest BCUT2D eigenvalue weighted by Crippen LogP contribution is 2.20. The first-order valence-electron chi connectivity index (χ1n) is 8.47. The summed E-state index contributed by atoms with van der Waals surface area (Å²) in [6, 6.07) is 13.4. The lowest BCUT2D eigenvalue weighted by Gasteiger charge is -2.21. The molecule has 150 valence electrons. The molecule has 0 radical (unpaired) electrons. The molecule has 0 bridgehead atoms. The molecule has 28 heavy (non-hydrogen) atoms. The molecule has 1 amide bonds. The summed E-state index contributed by atoms with van der Waals surface area (Å²) in [7, 11) is -3.65. The zero-order chi connectivity index (χ0) is 20.7. The van der Waals surface area contributed by atoms with Crippen LogP contribution in [-0.2, 0) is 14.8 Å². The van der Waals surface area contributed by atoms with E-state index in [9.17, 15) is 13.2 Å². The predicted octanol–water partition coefficient (Wildman–Crippen LogP) is 3.04. The smallest absolute Gasteiger partial charge is 0.260 e. The van der Waals surface area contributed by atoms with Gasteiger partial charge in [0.25, 0.3) is 5.91 Å². The Labute approximate surface area is 170 Å². The fourth-order valence-corrected chi connectivity index (χ4v) is 3.24. The maximum absolute atomic E-state index is 12.1. The van der Waals surface area contributed by atoms with Gasteiger partial charge in [-0.3, -0.25) is 9.10 Å². The number of carbonyl (C=O) groups is 1. The lowest BCUT2D eigenvalue weighted by molar-refractivity contribution is -0.119. The summed E-state index contributed by atoms with van der Waals surface area (Å²) in [6.07, 6.45) is 2.57. The first-order valence-corrected chi connectivity index (χ1v) is 10.7. The number of halogens is 1. The highest BCUT2D eigenvalue weighted by atomic mass is 35.5. The van der Waals surface area contributed by atoms with Gasteiger partial charge in [-0.05, 0) is 67.9 Å². The van der Waals surface area contributed by atoms with Gasteiger partial charge in [0.05, 0.1) is 24.3 Å². The third kappa shape index (κ3) is 6.86. The number of hydrazone groups is 1. The number of anilines is 1. The molecular formula is C19H22ClN3O4S. The van der Waals surface area contributed by atoms with E-state index in [1.807, 2.05) is 13.8 Å². The molecule has 0 heterocycles. The van der Waals surface area contributed by atoms with Gasteiger partial charge in [-0.1, -0.05) is 11.6 Å². The third-order valence-corrected chi connectivity index (χ3v) is 4.85. The SMILES string of the molecule is CC(C)Oc1ccc(/C=N\NC(=O)CN(c2ccc(Cl)cc2)S(C)(=O)=O)cc1. The van der Waals surface area contributed by atoms with Gasteiger partial charge in [-0.2, -0.15) is 5.10 Å². The van der Waals surface area contributed by atoms with Crippen molar-refractivity contribution in [2.24, 2.45) is 5.10 Å². The van der Waals surface area contributed by atoms with Gasteiger partial charge < -0.3 is 4.74 Å². The molecule has 7 nitrogen and oxygen atoms in total. The van der Waals surface area contributed by atoms with Crippen LogP contribution in [-0.4, -0.2) is 39.4 Å². The number of hydrogen-bond acceptors (Lipinski definition) is 5. The molecule has 0 spiro atoms. The van der Waals surface area contributed by atoms with Gasteiger partial charge in [-0.15, -0.1) is 0 Å². The van der Waals surface area contributed by atoms with Crippen molar-refractivity contribution < 1.29 is 17.9 Å². The van der Waals surface area contributed by atoms with Crippen LogP contribution in [0, 0.1) is 0 Å². The fourth-order valence-electron chi connectivity index (χ4n) is 2.26. The molecule has 0 aliphatic rings. The summed E-state index contributed by atoms with van der Waals surface area (Å²) >= 11 is 5.82. The Morgan fingerprint density at radius 3 is 2.32 bits per heavy atom. The molecule has 0 aliphatic carbocycles. The van der Waals surface area contributed by atoms with Crippen molar-refractivity contribution >= 4 is 39.4 Å². The number of ether oxygens (including phenoxy) is 1. The minimum absolute atomic E-state index is 0.0808. The second kappa shape index (κ2) is 9.57. The van der Waals surface area contributed by atoms with E-state index in [0.29, 0.717) is 10.7 Å². The van der Waals surface area contributed by atoms with Crippen LogP contribution in [0.25, 0.3) is 0 Å². The van der Waals surface area contributed by atoms with Crippen LogP contribution in [0.15, 0.2) is 53.6 Å². The predicted molar refractivity (Wildman–Crippen MR) is 112 cm³/mol. The van der Waals surface area contributed by atoms with Crippen LogP contribution in [0.3, 0.4) is 0 Å². The summed E-state index contributed by atoms with van der Waals surface area (Å²) in [5.41, 5.74) is 3.43. The van der Waals surface area contributed by atoms with Gasteiger partial charge in [0.15, 0.2) is 0 Å². The van der Waals surface area contributed by atoms with E-state index in [4.69, 9.17) is 16.3 Å². The molecule has 0 fully saturated rings. The summed E-state index contributed by atoms with van der Waals surface area (Å²) in [5.74, 6) is 0.166. The van der Waals surface area contributed by atoms with Crippen molar-refractivity contribution in [3.63, 3.8) is 0 Å². The van der Waals surface area contributed by atoms with Crippen molar-refractivity contribution in [1.29, 1.82) is 0 Å². The first kappa shape index (κ1) is 21.7. The minimum atomic E-state index is -3.65. The van der Waals surface area contributed by atoms with E-state index in [1.165, 1.54) is 18.3 Å². The molecule has 2 aromatic carbocycles. The number of amides is 1. The Hall–Kier alpha value is -2.58. The number of benzene rings is 2. The Morgan fingerprint density at radius 2 is 1.79 bits per heavy atom. The van der Waals surface area contributed by atoms with Gasteiger partial charge in [0, 0.05) is 5.02 Å². The van der Waals surface area contributed by atoms with Crippen molar-refractivity contribution in [2.45, 2.75) is 20.0 Å². The van der Waals surface area contributed by atoms with E-state index in [-0.39, 0.29) is 6.10 Å². The van der Waals surface area contributed by atoms with Crippen LogP contribution < -0.4 is 14.5 Å². The Kier molecular flexibility index (Phi) is 7.42. The quantitative estimate of drug-likeness (QED) is 0.522. The minimum Gasteiger partial charge on any atom is -0.491 e. The second-order valence-electron chi connectivity index (χ2n) is 6.27. The molecular weight excluding hydrogens is 402 g/mol. The first-order chi connectivity index (χ1) is 13.1. The van der Waals surface area contributed by atoms with Gasteiger partial charge >= 0.3 is 0 Å². The summed E-state index contributed by atoms with van der Waals surface area (Å²) < 4.78 is 30.6. The highest BCUT2D eigenvalue weighted by molar-refractivity contribution is 7.92. The van der Waals surface area contributed by atoms with E-state index < -0.39 is 22.5 Å². The number of carbonyl (C=O) groups excluding carboxylic acids is 1. The van der Waals surface area contributed by atoms with Gasteiger partial charge in [0.1, 0.15) is 12.3 Å². The Balaban J connectivity index is 1.99. The summed E-state index contributed by atoms with van der Waals surface area (Å²) in [4.78, 5) is 12.1. The molecule has 1 N–H and O–H groups in total. The molecule has 9 heteroatoms. The zero-order valence-corrected chi connectivity index (χ0v) is 17.4. The molecule has 0 saturated heterocycles. The second-order valence-corrected chi connectivity index (χ2v) is 8.62. The summed E-state index contributed by atoms with van der Waals surface area (Å²) in [5, 5.41) is 4.34. The molecule has 0 aliphatic heterocycles. The third-order valence-electron chi connectivity index (χ3n) is 3.46. The summed E-state index contributed by atoms with van der Waals surface area (Å²) in [6.45, 7) is 3.47. The van der Waals surface area contributed by atoms with E-state index in [2.05, 4.69) is 10.5 Å². The van der Waals surface area contributed by atoms with Crippen LogP contribution in [0.5, 0.6) is 5.75 Å². The lowest BCUT2D eigenvalue weighted by atomic mass is 10.2. The van der Waals surface area contributed by atoms with E-state index >= 15 is 0 Å². The Bertz CT molecular complexity index is 927. The van der Waals surface area contributed by atoms with Crippen molar-refractivity contribution in [2.75, 3.05) is 17.1 Å². The zero-order valence-electron chi connectivity index (χ0n) is 15.8. The number of hydrogen-bond donors (Lipinski definition) is 1. The van der Waals surface area contributed by atoms with Gasteiger partial charge in [-0.25, -0.2) is 13.8 Å². The number of sulfonamides is 1. The average molecular weight is 424 g/mol. The maximum atomic E-state index is 12.1. The van der Waals surface area contributed by atoms with Crippen LogP contribution in [0.2, 0.25) is 5.02 Å². The van der Waals surface area contributed by atoms with Crippen LogP contribution in [0.1, 0.15) is 19.4 Å². The van der Waals surface area contributed by atoms with E-state index in [0.717, 1.165) is 21.9 Å². The number of rotatable bonds is 8. The highest BCUT2D eigenvalue weighted by Gasteiger charge is 2.20. The van der Waals surface area contributed by atoms with Crippen LogP contribution in [0.4, 0.5) is 5.69 Å². The largest absolute Gasteiger partial charge is 0.491 e. The molecule has 0 aromatic heterocycles. The van der Waals surface area contributed by atoms with Gasteiger partial charge in [0.2, 0.25) is 10.0 Å². The van der Waals surface area contributed by atoms with Crippen molar-refractivity contribution in [1.82, 2.24) is 5.43 Å². The monoisotopic (exact) mass is 423 g/mol. The van der Waals surface area contributed by atoms with Crippen LogP contribution >= 0.6 is 11.6 Å². The molecule has 2 rings (SSSR count). The van der Waals surface area contributed by atoms with Crippen molar-refractivity contribution in [3.05, 3.63) is 59.1 Å². The Morgan fingerprint density at radius 1 is 1.18 bits per heavy atom. The van der Waals surface area contributed by atoms with E-state index in [1.54, 1.807) is 36.4 Å². The average Bonchev–Trinajstić information content (AvgIpc) is 2.61. The number of nitrogens with zero attached hydrogens (tertiary/aromatic N) is 2. The topological polar surface area (TPSA) is 88.1 Å². The standard InChI is InChI=1S/C19H22ClN3O4S/c1-14(2)27-18-10-4-15(5-11-18)12-21-22-19(24)13-23(28(3,25)26)17-8-6-16(20)7-9-17/h4-12,14H,13H2,1-3H3,(H,22,24)/b21-12-. The number of nitrogens with one attached hydrogen (secondary N) is 1. The fraction of sp³-hybridized carbons (Fsp3) is 0.263.